The van der Waals surface area contributed by atoms with Crippen LogP contribution < -0.4 is 11.1 Å². The minimum absolute atomic E-state index is 0.00586. The first-order valence-corrected chi connectivity index (χ1v) is 7.80. The number of amides is 2. The van der Waals surface area contributed by atoms with E-state index in [1.165, 1.54) is 0 Å². The highest BCUT2D eigenvalue weighted by atomic mass is 32.2. The number of nitriles is 2. The van der Waals surface area contributed by atoms with Crippen LogP contribution in [0.3, 0.4) is 0 Å². The molecular weight excluding hydrogens is 288 g/mol. The first-order valence-electron chi connectivity index (χ1n) is 6.81. The van der Waals surface area contributed by atoms with Crippen molar-refractivity contribution in [3.8, 4) is 12.1 Å². The van der Waals surface area contributed by atoms with E-state index in [0.29, 0.717) is 23.4 Å². The number of rotatable bonds is 3. The van der Waals surface area contributed by atoms with Crippen molar-refractivity contribution >= 4 is 23.6 Å². The molecule has 1 heterocycles. The van der Waals surface area contributed by atoms with Crippen molar-refractivity contribution in [1.82, 2.24) is 5.32 Å². The maximum absolute atomic E-state index is 12.2. The summed E-state index contributed by atoms with van der Waals surface area (Å²) in [4.78, 5) is 23.1. The number of primary amides is 1. The third-order valence-electron chi connectivity index (χ3n) is 4.12. The van der Waals surface area contributed by atoms with E-state index < -0.39 is 17.2 Å². The van der Waals surface area contributed by atoms with Crippen molar-refractivity contribution in [3.05, 3.63) is 10.6 Å². The number of hydrogen-bond acceptors (Lipinski definition) is 5. The third-order valence-corrected chi connectivity index (χ3v) is 5.15. The Morgan fingerprint density at radius 1 is 1.38 bits per heavy atom. The van der Waals surface area contributed by atoms with Crippen LogP contribution in [0, 0.1) is 34.0 Å². The summed E-state index contributed by atoms with van der Waals surface area (Å²) in [6.45, 7) is 0. The Morgan fingerprint density at radius 3 is 2.57 bits per heavy atom. The molecule has 1 spiro atoms. The SMILES string of the molecule is N#CC1=C(SCC(N)=O)NC(=O)[C@@H](C#N)C12CCCCC2. The number of nitrogens with two attached hydrogens (primary N) is 1. The van der Waals surface area contributed by atoms with Gasteiger partial charge in [0, 0.05) is 5.41 Å². The molecule has 1 aliphatic heterocycles. The van der Waals surface area contributed by atoms with Gasteiger partial charge in [-0.05, 0) is 12.8 Å². The molecule has 0 bridgehead atoms. The smallest absolute Gasteiger partial charge is 0.243 e. The molecule has 1 saturated carbocycles. The fraction of sp³-hybridized carbons (Fsp3) is 0.571. The monoisotopic (exact) mass is 304 g/mol. The van der Waals surface area contributed by atoms with Gasteiger partial charge in [-0.1, -0.05) is 31.0 Å². The van der Waals surface area contributed by atoms with Gasteiger partial charge < -0.3 is 11.1 Å². The van der Waals surface area contributed by atoms with Crippen LogP contribution in [0.4, 0.5) is 0 Å². The van der Waals surface area contributed by atoms with Gasteiger partial charge in [-0.2, -0.15) is 10.5 Å². The van der Waals surface area contributed by atoms with Crippen molar-refractivity contribution in [3.63, 3.8) is 0 Å². The van der Waals surface area contributed by atoms with Gasteiger partial charge in [0.2, 0.25) is 11.8 Å². The zero-order chi connectivity index (χ0) is 15.5. The Bertz CT molecular complexity index is 579. The number of thioether (sulfide) groups is 1. The second-order valence-corrected chi connectivity index (χ2v) is 6.32. The summed E-state index contributed by atoms with van der Waals surface area (Å²) < 4.78 is 0. The summed E-state index contributed by atoms with van der Waals surface area (Å²) in [5.41, 5.74) is 4.85. The number of nitrogens with one attached hydrogen (secondary N) is 1. The molecule has 0 aromatic carbocycles. The molecule has 1 fully saturated rings. The molecule has 21 heavy (non-hydrogen) atoms. The molecule has 0 radical (unpaired) electrons. The molecule has 0 aromatic rings. The molecule has 110 valence electrons. The molecule has 3 N–H and O–H groups in total. The van der Waals surface area contributed by atoms with Gasteiger partial charge >= 0.3 is 0 Å². The lowest BCUT2D eigenvalue weighted by molar-refractivity contribution is -0.126. The lowest BCUT2D eigenvalue weighted by atomic mass is 9.61. The van der Waals surface area contributed by atoms with Crippen LogP contribution in [-0.4, -0.2) is 17.6 Å². The fourth-order valence-electron chi connectivity index (χ4n) is 3.19. The average molecular weight is 304 g/mol. The summed E-state index contributed by atoms with van der Waals surface area (Å²) >= 11 is 1.06. The highest BCUT2D eigenvalue weighted by Gasteiger charge is 2.51. The van der Waals surface area contributed by atoms with E-state index in [2.05, 4.69) is 17.5 Å². The summed E-state index contributed by atoms with van der Waals surface area (Å²) in [5, 5.41) is 21.9. The van der Waals surface area contributed by atoms with E-state index in [9.17, 15) is 20.1 Å². The summed E-state index contributed by atoms with van der Waals surface area (Å²) in [6.07, 6.45) is 4.14. The predicted molar refractivity (Wildman–Crippen MR) is 77.1 cm³/mol. The Hall–Kier alpha value is -1.99. The van der Waals surface area contributed by atoms with Crippen LogP contribution in [0.25, 0.3) is 0 Å². The van der Waals surface area contributed by atoms with Gasteiger partial charge in [0.15, 0.2) is 0 Å². The lowest BCUT2D eigenvalue weighted by Gasteiger charge is -2.43. The third kappa shape index (κ3) is 2.74. The summed E-state index contributed by atoms with van der Waals surface area (Å²) in [5.74, 6) is -1.75. The largest absolute Gasteiger partial charge is 0.369 e. The molecule has 0 aromatic heterocycles. The maximum Gasteiger partial charge on any atom is 0.243 e. The van der Waals surface area contributed by atoms with E-state index >= 15 is 0 Å². The number of allylic oxidation sites excluding steroid dienone is 1. The molecule has 7 heteroatoms. The van der Waals surface area contributed by atoms with Crippen LogP contribution >= 0.6 is 11.8 Å². The standard InChI is InChI=1S/C14H16N4O2S/c15-6-9-12(20)18-13(21-8-11(17)19)10(7-16)14(9)4-2-1-3-5-14/h9H,1-5,8H2,(H2,17,19)(H,18,20)/t9-/m1/s1. The normalized spacial score (nSPS) is 24.1. The van der Waals surface area contributed by atoms with Gasteiger partial charge in [-0.3, -0.25) is 9.59 Å². The molecule has 2 amide bonds. The average Bonchev–Trinajstić information content (AvgIpc) is 2.46. The van der Waals surface area contributed by atoms with Crippen LogP contribution in [0.5, 0.6) is 0 Å². The zero-order valence-corrected chi connectivity index (χ0v) is 12.3. The summed E-state index contributed by atoms with van der Waals surface area (Å²) in [7, 11) is 0. The molecule has 0 unspecified atom stereocenters. The highest BCUT2D eigenvalue weighted by Crippen LogP contribution is 2.51. The van der Waals surface area contributed by atoms with E-state index in [4.69, 9.17) is 5.73 Å². The highest BCUT2D eigenvalue weighted by molar-refractivity contribution is 8.03. The van der Waals surface area contributed by atoms with Crippen molar-refractivity contribution in [2.45, 2.75) is 32.1 Å². The fourth-order valence-corrected chi connectivity index (χ4v) is 4.04. The first-order chi connectivity index (χ1) is 10.0. The number of hydrogen-bond donors (Lipinski definition) is 2. The number of nitrogens with zero attached hydrogens (tertiary/aromatic N) is 2. The second kappa shape index (κ2) is 6.19. The van der Waals surface area contributed by atoms with E-state index in [1.54, 1.807) is 0 Å². The van der Waals surface area contributed by atoms with Crippen LogP contribution in [0.2, 0.25) is 0 Å². The lowest BCUT2D eigenvalue weighted by Crippen LogP contribution is -2.48. The quantitative estimate of drug-likeness (QED) is 0.810. The number of carbonyl (C=O) groups excluding carboxylic acids is 2. The van der Waals surface area contributed by atoms with Crippen LogP contribution in [0.15, 0.2) is 10.6 Å². The molecule has 1 aliphatic carbocycles. The molecule has 0 saturated heterocycles. The molecular formula is C14H16N4O2S. The van der Waals surface area contributed by atoms with Crippen molar-refractivity contribution in [2.24, 2.45) is 17.1 Å². The van der Waals surface area contributed by atoms with Crippen LogP contribution in [-0.2, 0) is 9.59 Å². The molecule has 6 nitrogen and oxygen atoms in total. The maximum atomic E-state index is 12.2. The van der Waals surface area contributed by atoms with Crippen molar-refractivity contribution in [2.75, 3.05) is 5.75 Å². The van der Waals surface area contributed by atoms with E-state index in [0.717, 1.165) is 31.0 Å². The first kappa shape index (κ1) is 15.4. The van der Waals surface area contributed by atoms with Crippen molar-refractivity contribution < 1.29 is 9.59 Å². The minimum Gasteiger partial charge on any atom is -0.369 e. The van der Waals surface area contributed by atoms with Gasteiger partial charge in [0.1, 0.15) is 5.92 Å². The van der Waals surface area contributed by atoms with Gasteiger partial charge in [0.05, 0.1) is 28.5 Å². The second-order valence-electron chi connectivity index (χ2n) is 5.34. The number of carbonyl (C=O) groups is 2. The molecule has 2 aliphatic rings. The summed E-state index contributed by atoms with van der Waals surface area (Å²) in [6, 6.07) is 4.23. The van der Waals surface area contributed by atoms with Gasteiger partial charge in [-0.15, -0.1) is 0 Å². The topological polar surface area (TPSA) is 120 Å². The van der Waals surface area contributed by atoms with Crippen molar-refractivity contribution in [1.29, 1.82) is 10.5 Å². The van der Waals surface area contributed by atoms with E-state index in [1.807, 2.05) is 0 Å². The molecule has 1 atom stereocenters. The van der Waals surface area contributed by atoms with Gasteiger partial charge in [-0.25, -0.2) is 0 Å². The zero-order valence-electron chi connectivity index (χ0n) is 11.5. The van der Waals surface area contributed by atoms with E-state index in [-0.39, 0.29) is 11.7 Å². The Labute approximate surface area is 127 Å². The Balaban J connectivity index is 2.47. The predicted octanol–water partition coefficient (Wildman–Crippen LogP) is 1.16. The van der Waals surface area contributed by atoms with Gasteiger partial charge in [0.25, 0.3) is 0 Å². The Kier molecular flexibility index (Phi) is 4.54. The Morgan fingerprint density at radius 2 is 2.05 bits per heavy atom. The minimum atomic E-state index is -0.842. The van der Waals surface area contributed by atoms with Crippen LogP contribution in [0.1, 0.15) is 32.1 Å². The molecule has 2 rings (SSSR count).